The molecule has 0 aromatic heterocycles. The maximum Gasteiger partial charge on any atom is 0.313 e. The first kappa shape index (κ1) is 18.5. The molecule has 0 amide bonds. The molecule has 4 nitrogen and oxygen atoms in total. The second kappa shape index (κ2) is 8.32. The molecule has 1 fully saturated rings. The van der Waals surface area contributed by atoms with Gasteiger partial charge in [-0.25, -0.2) is 0 Å². The van der Waals surface area contributed by atoms with E-state index in [-0.39, 0.29) is 18.5 Å². The minimum absolute atomic E-state index is 0.00242. The number of hydrogen-bond donors (Lipinski definition) is 1. The van der Waals surface area contributed by atoms with Gasteiger partial charge in [0.15, 0.2) is 0 Å². The average Bonchev–Trinajstić information content (AvgIpc) is 2.58. The normalized spacial score (nSPS) is 26.8. The Balaban J connectivity index is 2.21. The monoisotopic (exact) mass is 332 g/mol. The van der Waals surface area contributed by atoms with Crippen LogP contribution in [0.4, 0.5) is 0 Å². The van der Waals surface area contributed by atoms with E-state index < -0.39 is 17.3 Å². The van der Waals surface area contributed by atoms with Crippen molar-refractivity contribution in [1.29, 1.82) is 0 Å². The van der Waals surface area contributed by atoms with Crippen LogP contribution < -0.4 is 0 Å². The van der Waals surface area contributed by atoms with Gasteiger partial charge >= 0.3 is 11.9 Å². The molecule has 0 heterocycles. The molecule has 24 heavy (non-hydrogen) atoms. The molecule has 2 rings (SSSR count). The van der Waals surface area contributed by atoms with Crippen LogP contribution >= 0.6 is 0 Å². The molecule has 0 aliphatic heterocycles. The van der Waals surface area contributed by atoms with Crippen LogP contribution in [0.15, 0.2) is 30.3 Å². The summed E-state index contributed by atoms with van der Waals surface area (Å²) >= 11 is 0. The topological polar surface area (TPSA) is 63.6 Å². The predicted molar refractivity (Wildman–Crippen MR) is 92.3 cm³/mol. The Morgan fingerprint density at radius 2 is 2.00 bits per heavy atom. The van der Waals surface area contributed by atoms with Crippen molar-refractivity contribution in [2.75, 3.05) is 0 Å². The predicted octanol–water partition coefficient (Wildman–Crippen LogP) is 4.43. The second-order valence-corrected chi connectivity index (χ2v) is 7.01. The number of esters is 1. The zero-order valence-electron chi connectivity index (χ0n) is 14.7. The lowest BCUT2D eigenvalue weighted by Crippen LogP contribution is -2.49. The van der Waals surface area contributed by atoms with Crippen LogP contribution in [0.3, 0.4) is 0 Å². The van der Waals surface area contributed by atoms with Crippen molar-refractivity contribution in [2.45, 2.75) is 59.0 Å². The summed E-state index contributed by atoms with van der Waals surface area (Å²) in [4.78, 5) is 24.9. The van der Waals surface area contributed by atoms with E-state index in [0.717, 1.165) is 31.2 Å². The van der Waals surface area contributed by atoms with Gasteiger partial charge in [0.25, 0.3) is 0 Å². The number of unbranched alkanes of at least 4 members (excludes halogenated alkanes) is 1. The van der Waals surface area contributed by atoms with Gasteiger partial charge in [-0.1, -0.05) is 63.4 Å². The van der Waals surface area contributed by atoms with Gasteiger partial charge in [-0.2, -0.15) is 0 Å². The summed E-state index contributed by atoms with van der Waals surface area (Å²) in [6, 6.07) is 9.53. The van der Waals surface area contributed by atoms with Crippen molar-refractivity contribution in [3.05, 3.63) is 35.9 Å². The summed E-state index contributed by atoms with van der Waals surface area (Å²) in [7, 11) is 0. The Labute approximate surface area is 144 Å². The quantitative estimate of drug-likeness (QED) is 0.750. The van der Waals surface area contributed by atoms with Crippen LogP contribution in [0.25, 0.3) is 0 Å². The Kier molecular flexibility index (Phi) is 6.41. The molecule has 1 aliphatic carbocycles. The van der Waals surface area contributed by atoms with Crippen molar-refractivity contribution >= 4 is 11.9 Å². The van der Waals surface area contributed by atoms with Crippen molar-refractivity contribution in [3.8, 4) is 0 Å². The zero-order valence-corrected chi connectivity index (χ0v) is 14.7. The van der Waals surface area contributed by atoms with Gasteiger partial charge in [0.1, 0.15) is 6.61 Å². The van der Waals surface area contributed by atoms with E-state index in [1.54, 1.807) is 0 Å². The van der Waals surface area contributed by atoms with Gasteiger partial charge in [0.2, 0.25) is 0 Å². The molecule has 4 heteroatoms. The van der Waals surface area contributed by atoms with Crippen molar-refractivity contribution in [1.82, 2.24) is 0 Å². The molecule has 1 aliphatic rings. The Morgan fingerprint density at radius 1 is 1.29 bits per heavy atom. The molecule has 1 N–H and O–H groups in total. The smallest absolute Gasteiger partial charge is 0.313 e. The van der Waals surface area contributed by atoms with Crippen LogP contribution in [-0.2, 0) is 20.9 Å². The number of carboxylic acids is 1. The third-order valence-electron chi connectivity index (χ3n) is 5.31. The molecule has 3 atom stereocenters. The zero-order chi connectivity index (χ0) is 17.6. The molecular formula is C20H28O4. The maximum atomic E-state index is 13.0. The molecule has 1 aromatic rings. The first-order chi connectivity index (χ1) is 11.5. The molecule has 3 unspecified atom stereocenters. The summed E-state index contributed by atoms with van der Waals surface area (Å²) in [5, 5.41) is 9.77. The molecule has 0 spiro atoms. The van der Waals surface area contributed by atoms with Gasteiger partial charge in [0.05, 0.1) is 11.3 Å². The first-order valence-electron chi connectivity index (χ1n) is 8.95. The van der Waals surface area contributed by atoms with E-state index in [1.165, 1.54) is 0 Å². The number of rotatable bonds is 7. The second-order valence-electron chi connectivity index (χ2n) is 7.01. The third kappa shape index (κ3) is 3.97. The molecular weight excluding hydrogens is 304 g/mol. The van der Waals surface area contributed by atoms with E-state index in [9.17, 15) is 14.7 Å². The van der Waals surface area contributed by atoms with Gasteiger partial charge < -0.3 is 9.84 Å². The highest BCUT2D eigenvalue weighted by atomic mass is 16.5. The van der Waals surface area contributed by atoms with Crippen LogP contribution in [0.5, 0.6) is 0 Å². The Bertz CT molecular complexity index is 554. The highest BCUT2D eigenvalue weighted by molar-refractivity contribution is 5.85. The van der Waals surface area contributed by atoms with Crippen LogP contribution in [0.1, 0.15) is 57.9 Å². The minimum Gasteiger partial charge on any atom is -0.481 e. The number of benzene rings is 1. The molecule has 0 saturated heterocycles. The van der Waals surface area contributed by atoms with Crippen molar-refractivity contribution in [3.63, 3.8) is 0 Å². The summed E-state index contributed by atoms with van der Waals surface area (Å²) in [5.74, 6) is -1.85. The molecule has 1 saturated carbocycles. The lowest BCUT2D eigenvalue weighted by molar-refractivity contribution is -0.176. The fourth-order valence-electron chi connectivity index (χ4n) is 4.06. The third-order valence-corrected chi connectivity index (χ3v) is 5.31. The van der Waals surface area contributed by atoms with E-state index in [4.69, 9.17) is 4.74 Å². The number of carboxylic acid groups (broad SMARTS) is 1. The average molecular weight is 332 g/mol. The first-order valence-corrected chi connectivity index (χ1v) is 8.95. The van der Waals surface area contributed by atoms with E-state index in [2.05, 4.69) is 6.92 Å². The lowest BCUT2D eigenvalue weighted by Gasteiger charge is -2.43. The van der Waals surface area contributed by atoms with Crippen LogP contribution in [-0.4, -0.2) is 17.0 Å². The highest BCUT2D eigenvalue weighted by Gasteiger charge is 2.53. The van der Waals surface area contributed by atoms with Crippen molar-refractivity contribution in [2.24, 2.45) is 17.3 Å². The molecule has 132 valence electrons. The van der Waals surface area contributed by atoms with E-state index >= 15 is 0 Å². The summed E-state index contributed by atoms with van der Waals surface area (Å²) in [6.07, 6.45) is 4.73. The van der Waals surface area contributed by atoms with Gasteiger partial charge in [-0.05, 0) is 30.7 Å². The molecule has 0 bridgehead atoms. The summed E-state index contributed by atoms with van der Waals surface area (Å²) in [5.41, 5.74) is 0.0427. The van der Waals surface area contributed by atoms with Crippen molar-refractivity contribution < 1.29 is 19.4 Å². The summed E-state index contributed by atoms with van der Waals surface area (Å²) in [6.45, 7) is 4.21. The number of aliphatic carboxylic acids is 1. The Hall–Kier alpha value is -1.84. The number of carbonyl (C=O) groups excluding carboxylic acids is 1. The fraction of sp³-hybridized carbons (Fsp3) is 0.600. The minimum atomic E-state index is -0.881. The number of ether oxygens (including phenoxy) is 1. The largest absolute Gasteiger partial charge is 0.481 e. The van der Waals surface area contributed by atoms with Crippen LogP contribution in [0, 0.1) is 17.3 Å². The SMILES string of the molecule is CCCCC1(C(=O)OCc2ccccc2)CCCC(C)C1C(=O)O. The molecule has 0 radical (unpaired) electrons. The number of hydrogen-bond acceptors (Lipinski definition) is 3. The van der Waals surface area contributed by atoms with Crippen LogP contribution in [0.2, 0.25) is 0 Å². The highest BCUT2D eigenvalue weighted by Crippen LogP contribution is 2.49. The van der Waals surface area contributed by atoms with Gasteiger partial charge in [-0.15, -0.1) is 0 Å². The number of carbonyl (C=O) groups is 2. The van der Waals surface area contributed by atoms with E-state index in [0.29, 0.717) is 12.8 Å². The van der Waals surface area contributed by atoms with E-state index in [1.807, 2.05) is 37.3 Å². The lowest BCUT2D eigenvalue weighted by atomic mass is 9.60. The fourth-order valence-corrected chi connectivity index (χ4v) is 4.06. The Morgan fingerprint density at radius 3 is 2.62 bits per heavy atom. The maximum absolute atomic E-state index is 13.0. The summed E-state index contributed by atoms with van der Waals surface area (Å²) < 4.78 is 5.59. The standard InChI is InChI=1S/C20H28O4/c1-3-4-12-20(13-8-9-15(2)17(20)18(21)22)19(23)24-14-16-10-6-5-7-11-16/h5-7,10-11,15,17H,3-4,8-9,12-14H2,1-2H3,(H,21,22). The van der Waals surface area contributed by atoms with Gasteiger partial charge in [-0.3, -0.25) is 9.59 Å². The van der Waals surface area contributed by atoms with Gasteiger partial charge in [0, 0.05) is 0 Å². The molecule has 1 aromatic carbocycles.